The van der Waals surface area contributed by atoms with Gasteiger partial charge in [-0.3, -0.25) is 4.79 Å². The fraction of sp³-hybridized carbons (Fsp3) is 0.976. The Labute approximate surface area is 279 Å². The van der Waals surface area contributed by atoms with Crippen molar-refractivity contribution in [1.82, 2.24) is 0 Å². The van der Waals surface area contributed by atoms with Gasteiger partial charge in [0.05, 0.1) is 6.61 Å². The minimum Gasteiger partial charge on any atom is -0.466 e. The van der Waals surface area contributed by atoms with Crippen molar-refractivity contribution in [2.24, 2.45) is 5.92 Å². The standard InChI is InChI=1S/C42H84O2/c1-4-7-9-10-11-12-13-14-18-21-24-27-30-34-37-41(6-3)38-35-31-28-25-22-19-16-15-17-20-23-26-29-32-36-40-44-42(43)39-33-8-5-2/h41H,4-40H2,1-3H3. The number of carbonyl (C=O) groups is 1. The first-order valence-corrected chi connectivity index (χ1v) is 20.9. The van der Waals surface area contributed by atoms with Crippen LogP contribution in [0.2, 0.25) is 0 Å². The van der Waals surface area contributed by atoms with Gasteiger partial charge in [-0.1, -0.05) is 233 Å². The summed E-state index contributed by atoms with van der Waals surface area (Å²) in [5.41, 5.74) is 0. The van der Waals surface area contributed by atoms with Crippen LogP contribution in [0.1, 0.15) is 252 Å². The van der Waals surface area contributed by atoms with Crippen LogP contribution in [0.3, 0.4) is 0 Å². The Bertz CT molecular complexity index is 530. The Hall–Kier alpha value is -0.530. The molecule has 2 heteroatoms. The van der Waals surface area contributed by atoms with E-state index in [4.69, 9.17) is 4.74 Å². The molecule has 0 amide bonds. The van der Waals surface area contributed by atoms with Crippen molar-refractivity contribution >= 4 is 5.97 Å². The molecule has 0 N–H and O–H groups in total. The van der Waals surface area contributed by atoms with Crippen LogP contribution in [-0.4, -0.2) is 12.6 Å². The van der Waals surface area contributed by atoms with E-state index >= 15 is 0 Å². The maximum absolute atomic E-state index is 11.6. The highest BCUT2D eigenvalue weighted by Gasteiger charge is 2.06. The van der Waals surface area contributed by atoms with Crippen molar-refractivity contribution in [2.45, 2.75) is 252 Å². The largest absolute Gasteiger partial charge is 0.466 e. The van der Waals surface area contributed by atoms with Crippen LogP contribution in [-0.2, 0) is 9.53 Å². The van der Waals surface area contributed by atoms with Crippen molar-refractivity contribution in [3.63, 3.8) is 0 Å². The summed E-state index contributed by atoms with van der Waals surface area (Å²) in [6, 6.07) is 0. The molecule has 0 saturated carbocycles. The smallest absolute Gasteiger partial charge is 0.305 e. The third-order valence-corrected chi connectivity index (χ3v) is 10.0. The van der Waals surface area contributed by atoms with Crippen molar-refractivity contribution in [3.05, 3.63) is 0 Å². The van der Waals surface area contributed by atoms with E-state index in [9.17, 15) is 4.79 Å². The van der Waals surface area contributed by atoms with Crippen LogP contribution in [0, 0.1) is 5.92 Å². The van der Waals surface area contributed by atoms with E-state index in [-0.39, 0.29) is 5.97 Å². The van der Waals surface area contributed by atoms with Crippen molar-refractivity contribution in [1.29, 1.82) is 0 Å². The quantitative estimate of drug-likeness (QED) is 0.0507. The van der Waals surface area contributed by atoms with Gasteiger partial charge in [-0.25, -0.2) is 0 Å². The van der Waals surface area contributed by atoms with Gasteiger partial charge in [-0.15, -0.1) is 0 Å². The molecule has 264 valence electrons. The summed E-state index contributed by atoms with van der Waals surface area (Å²) < 4.78 is 5.32. The van der Waals surface area contributed by atoms with Crippen molar-refractivity contribution in [2.75, 3.05) is 6.61 Å². The summed E-state index contributed by atoms with van der Waals surface area (Å²) in [5, 5.41) is 0. The molecule has 2 nitrogen and oxygen atoms in total. The Balaban J connectivity index is 3.27. The monoisotopic (exact) mass is 621 g/mol. The van der Waals surface area contributed by atoms with Gasteiger partial charge in [0.2, 0.25) is 0 Å². The van der Waals surface area contributed by atoms with E-state index in [0.717, 1.165) is 31.6 Å². The first-order valence-electron chi connectivity index (χ1n) is 20.9. The van der Waals surface area contributed by atoms with E-state index in [0.29, 0.717) is 13.0 Å². The molecule has 1 atom stereocenters. The number of ether oxygens (including phenoxy) is 1. The molecule has 0 rings (SSSR count). The van der Waals surface area contributed by atoms with Crippen molar-refractivity contribution in [3.8, 4) is 0 Å². The molecule has 0 aliphatic heterocycles. The van der Waals surface area contributed by atoms with Gasteiger partial charge in [0.25, 0.3) is 0 Å². The molecule has 0 aliphatic carbocycles. The normalized spacial score (nSPS) is 12.2. The molecule has 0 aromatic heterocycles. The second kappa shape index (κ2) is 38.7. The van der Waals surface area contributed by atoms with Gasteiger partial charge >= 0.3 is 5.97 Å². The Morgan fingerprint density at radius 2 is 0.682 bits per heavy atom. The molecule has 0 fully saturated rings. The zero-order valence-corrected chi connectivity index (χ0v) is 31.1. The second-order valence-corrected chi connectivity index (χ2v) is 14.4. The van der Waals surface area contributed by atoms with Gasteiger partial charge in [0.15, 0.2) is 0 Å². The summed E-state index contributed by atoms with van der Waals surface area (Å²) in [7, 11) is 0. The van der Waals surface area contributed by atoms with Crippen LogP contribution in [0.15, 0.2) is 0 Å². The number of hydrogen-bond acceptors (Lipinski definition) is 2. The maximum Gasteiger partial charge on any atom is 0.305 e. The molecule has 1 unspecified atom stereocenters. The highest BCUT2D eigenvalue weighted by Crippen LogP contribution is 2.22. The average Bonchev–Trinajstić information content (AvgIpc) is 3.03. The maximum atomic E-state index is 11.6. The lowest BCUT2D eigenvalue weighted by Gasteiger charge is -2.14. The topological polar surface area (TPSA) is 26.3 Å². The molecule has 0 aromatic carbocycles. The van der Waals surface area contributed by atoms with Gasteiger partial charge in [-0.05, 0) is 18.8 Å². The lowest BCUT2D eigenvalue weighted by Crippen LogP contribution is -2.05. The molecular weight excluding hydrogens is 536 g/mol. The number of hydrogen-bond donors (Lipinski definition) is 0. The van der Waals surface area contributed by atoms with Crippen LogP contribution in [0.25, 0.3) is 0 Å². The summed E-state index contributed by atoms with van der Waals surface area (Å²) in [4.78, 5) is 11.6. The molecule has 0 radical (unpaired) electrons. The minimum absolute atomic E-state index is 0.00399. The lowest BCUT2D eigenvalue weighted by atomic mass is 9.92. The Kier molecular flexibility index (Phi) is 38.2. The number of esters is 1. The first kappa shape index (κ1) is 43.5. The average molecular weight is 621 g/mol. The molecule has 0 spiro atoms. The van der Waals surface area contributed by atoms with E-state index in [1.807, 2.05) is 0 Å². The third-order valence-electron chi connectivity index (χ3n) is 10.0. The highest BCUT2D eigenvalue weighted by atomic mass is 16.5. The summed E-state index contributed by atoms with van der Waals surface area (Å²) in [6.45, 7) is 7.52. The van der Waals surface area contributed by atoms with E-state index < -0.39 is 0 Å². The predicted molar refractivity (Wildman–Crippen MR) is 198 cm³/mol. The fourth-order valence-corrected chi connectivity index (χ4v) is 6.79. The first-order chi connectivity index (χ1) is 21.7. The zero-order valence-electron chi connectivity index (χ0n) is 31.1. The van der Waals surface area contributed by atoms with Gasteiger partial charge in [0, 0.05) is 6.42 Å². The predicted octanol–water partition coefficient (Wildman–Crippen LogP) is 15.2. The lowest BCUT2D eigenvalue weighted by molar-refractivity contribution is -0.143. The molecule has 0 aromatic rings. The summed E-state index contributed by atoms with van der Waals surface area (Å²) >= 11 is 0. The SMILES string of the molecule is CCCCCCCCCCCCCCCCC(CC)CCCCCCCCCCCCCCCCCOC(=O)CCCCC. The van der Waals surface area contributed by atoms with Crippen LogP contribution in [0.4, 0.5) is 0 Å². The van der Waals surface area contributed by atoms with Crippen LogP contribution >= 0.6 is 0 Å². The molecule has 0 heterocycles. The Morgan fingerprint density at radius 3 is 1.02 bits per heavy atom. The van der Waals surface area contributed by atoms with Crippen LogP contribution in [0.5, 0.6) is 0 Å². The Morgan fingerprint density at radius 1 is 0.386 bits per heavy atom. The molecular formula is C42H84O2. The molecule has 0 aliphatic rings. The van der Waals surface area contributed by atoms with Gasteiger partial charge in [-0.2, -0.15) is 0 Å². The second-order valence-electron chi connectivity index (χ2n) is 14.4. The van der Waals surface area contributed by atoms with E-state index in [1.54, 1.807) is 0 Å². The summed E-state index contributed by atoms with van der Waals surface area (Å²) in [6.07, 6.45) is 49.6. The number of rotatable bonds is 38. The fourth-order valence-electron chi connectivity index (χ4n) is 6.79. The zero-order chi connectivity index (χ0) is 32.0. The number of unbranched alkanes of at least 4 members (excludes halogenated alkanes) is 29. The minimum atomic E-state index is 0.00399. The third kappa shape index (κ3) is 35.9. The highest BCUT2D eigenvalue weighted by molar-refractivity contribution is 5.69. The molecule has 0 bridgehead atoms. The van der Waals surface area contributed by atoms with Crippen molar-refractivity contribution < 1.29 is 9.53 Å². The summed E-state index contributed by atoms with van der Waals surface area (Å²) in [5.74, 6) is 1.00. The molecule has 0 saturated heterocycles. The van der Waals surface area contributed by atoms with Gasteiger partial charge < -0.3 is 4.74 Å². The van der Waals surface area contributed by atoms with Gasteiger partial charge in [0.1, 0.15) is 0 Å². The number of carbonyl (C=O) groups excluding carboxylic acids is 1. The van der Waals surface area contributed by atoms with E-state index in [2.05, 4.69) is 20.8 Å². The van der Waals surface area contributed by atoms with E-state index in [1.165, 1.54) is 199 Å². The van der Waals surface area contributed by atoms with Crippen LogP contribution < -0.4 is 0 Å². The molecule has 44 heavy (non-hydrogen) atoms.